The third-order valence-corrected chi connectivity index (χ3v) is 1.24. The summed E-state index contributed by atoms with van der Waals surface area (Å²) in [4.78, 5) is 4.70. The molecule has 1 aliphatic rings. The minimum absolute atomic E-state index is 0.560. The number of thioether (sulfide) groups is 1. The Hall–Kier alpha value is -0.660. The van der Waals surface area contributed by atoms with E-state index in [9.17, 15) is 0 Å². The summed E-state index contributed by atoms with van der Waals surface area (Å²) in [5, 5.41) is 10.8. The number of thiocyanates is 1. The van der Waals surface area contributed by atoms with E-state index < -0.39 is 0 Å². The highest BCUT2D eigenvalue weighted by atomic mass is 32.2. The molecule has 0 saturated carbocycles. The maximum atomic E-state index is 8.10. The standard InChI is InChI=1S/C4H4N2OS/c5-3-8-4-1-2-7-6-4/h1,6H,2H2. The third-order valence-electron chi connectivity index (χ3n) is 0.680. The second-order valence-electron chi connectivity index (χ2n) is 1.17. The van der Waals surface area contributed by atoms with Gasteiger partial charge in [-0.1, -0.05) is 0 Å². The minimum Gasteiger partial charge on any atom is -0.271 e. The Balaban J connectivity index is 2.36. The molecule has 0 aromatic rings. The topological polar surface area (TPSA) is 45.0 Å². The molecule has 0 unspecified atom stereocenters. The van der Waals surface area contributed by atoms with E-state index in [0.717, 1.165) is 16.8 Å². The first-order valence-corrected chi connectivity index (χ1v) is 2.89. The lowest BCUT2D eigenvalue weighted by Crippen LogP contribution is -2.01. The van der Waals surface area contributed by atoms with Crippen molar-refractivity contribution in [1.29, 1.82) is 5.26 Å². The van der Waals surface area contributed by atoms with Crippen LogP contribution in [0.3, 0.4) is 0 Å². The quantitative estimate of drug-likeness (QED) is 0.524. The van der Waals surface area contributed by atoms with Crippen molar-refractivity contribution in [2.24, 2.45) is 0 Å². The van der Waals surface area contributed by atoms with Crippen LogP contribution < -0.4 is 5.48 Å². The SMILES string of the molecule is N#CSC1=CCON1. The van der Waals surface area contributed by atoms with Crippen molar-refractivity contribution in [2.45, 2.75) is 0 Å². The van der Waals surface area contributed by atoms with Crippen molar-refractivity contribution in [1.82, 2.24) is 5.48 Å². The van der Waals surface area contributed by atoms with Crippen LogP contribution in [0.5, 0.6) is 0 Å². The zero-order valence-corrected chi connectivity index (χ0v) is 4.86. The molecule has 0 spiro atoms. The predicted octanol–water partition coefficient (Wildman–Crippen LogP) is 0.577. The Morgan fingerprint density at radius 2 is 2.88 bits per heavy atom. The van der Waals surface area contributed by atoms with Gasteiger partial charge in [-0.25, -0.2) is 0 Å². The van der Waals surface area contributed by atoms with E-state index in [0.29, 0.717) is 6.61 Å². The Labute approximate surface area is 51.3 Å². The molecule has 8 heavy (non-hydrogen) atoms. The van der Waals surface area contributed by atoms with Crippen molar-refractivity contribution >= 4 is 11.8 Å². The maximum absolute atomic E-state index is 8.10. The second kappa shape index (κ2) is 2.60. The average Bonchev–Trinajstić information content (AvgIpc) is 2.19. The van der Waals surface area contributed by atoms with Crippen LogP contribution in [0.4, 0.5) is 0 Å². The van der Waals surface area contributed by atoms with Gasteiger partial charge in [0.05, 0.1) is 6.61 Å². The van der Waals surface area contributed by atoms with E-state index in [4.69, 9.17) is 10.1 Å². The molecule has 0 aromatic heterocycles. The van der Waals surface area contributed by atoms with Gasteiger partial charge in [0.2, 0.25) is 0 Å². The number of rotatable bonds is 1. The fourth-order valence-electron chi connectivity index (χ4n) is 0.383. The molecule has 1 rings (SSSR count). The van der Waals surface area contributed by atoms with Crippen LogP contribution in [0.25, 0.3) is 0 Å². The second-order valence-corrected chi connectivity index (χ2v) is 2.00. The molecule has 42 valence electrons. The van der Waals surface area contributed by atoms with Gasteiger partial charge in [0.15, 0.2) is 0 Å². The van der Waals surface area contributed by atoms with Gasteiger partial charge in [0.1, 0.15) is 10.4 Å². The summed E-state index contributed by atoms with van der Waals surface area (Å²) in [7, 11) is 0. The largest absolute Gasteiger partial charge is 0.271 e. The Morgan fingerprint density at radius 1 is 2.00 bits per heavy atom. The smallest absolute Gasteiger partial charge is 0.140 e. The molecule has 0 fully saturated rings. The third kappa shape index (κ3) is 1.15. The lowest BCUT2D eigenvalue weighted by Gasteiger charge is -1.91. The molecule has 0 aromatic carbocycles. The van der Waals surface area contributed by atoms with Crippen LogP contribution in [-0.2, 0) is 4.84 Å². The molecule has 0 atom stereocenters. The first-order chi connectivity index (χ1) is 3.93. The maximum Gasteiger partial charge on any atom is 0.140 e. The molecule has 1 heterocycles. The summed E-state index contributed by atoms with van der Waals surface area (Å²) in [5.41, 5.74) is 2.56. The van der Waals surface area contributed by atoms with Gasteiger partial charge in [0.25, 0.3) is 0 Å². The van der Waals surface area contributed by atoms with Gasteiger partial charge in [0, 0.05) is 11.8 Å². The summed E-state index contributed by atoms with van der Waals surface area (Å²) in [6.45, 7) is 0.560. The first kappa shape index (κ1) is 5.48. The molecule has 0 radical (unpaired) electrons. The molecule has 0 amide bonds. The minimum atomic E-state index is 0.560. The number of hydrogen-bond acceptors (Lipinski definition) is 4. The number of hydroxylamine groups is 1. The van der Waals surface area contributed by atoms with Crippen molar-refractivity contribution in [3.8, 4) is 5.40 Å². The average molecular weight is 128 g/mol. The highest BCUT2D eigenvalue weighted by Crippen LogP contribution is 2.12. The number of nitriles is 1. The van der Waals surface area contributed by atoms with E-state index in [1.165, 1.54) is 0 Å². The highest BCUT2D eigenvalue weighted by molar-refractivity contribution is 8.07. The van der Waals surface area contributed by atoms with E-state index >= 15 is 0 Å². The highest BCUT2D eigenvalue weighted by Gasteiger charge is 2.01. The van der Waals surface area contributed by atoms with Gasteiger partial charge >= 0.3 is 0 Å². The molecule has 0 saturated heterocycles. The molecule has 3 nitrogen and oxygen atoms in total. The summed E-state index contributed by atoms with van der Waals surface area (Å²) >= 11 is 1.07. The molecule has 1 N–H and O–H groups in total. The summed E-state index contributed by atoms with van der Waals surface area (Å²) < 4.78 is 0. The van der Waals surface area contributed by atoms with Crippen LogP contribution in [0, 0.1) is 10.7 Å². The van der Waals surface area contributed by atoms with E-state index in [1.54, 1.807) is 0 Å². The molecular weight excluding hydrogens is 124 g/mol. The van der Waals surface area contributed by atoms with Crippen LogP contribution in [0.1, 0.15) is 0 Å². The summed E-state index contributed by atoms with van der Waals surface area (Å²) in [6, 6.07) is 0. The summed E-state index contributed by atoms with van der Waals surface area (Å²) in [6.07, 6.45) is 1.81. The predicted molar refractivity (Wildman–Crippen MR) is 30.4 cm³/mol. The molecule has 1 aliphatic heterocycles. The van der Waals surface area contributed by atoms with E-state index in [1.807, 2.05) is 11.5 Å². The molecule has 0 bridgehead atoms. The van der Waals surface area contributed by atoms with Crippen LogP contribution in [-0.4, -0.2) is 6.61 Å². The lowest BCUT2D eigenvalue weighted by atomic mass is 10.7. The fourth-order valence-corrected chi connectivity index (χ4v) is 0.734. The van der Waals surface area contributed by atoms with Crippen molar-refractivity contribution in [3.63, 3.8) is 0 Å². The van der Waals surface area contributed by atoms with Crippen molar-refractivity contribution < 1.29 is 4.84 Å². The summed E-state index contributed by atoms with van der Waals surface area (Å²) in [5.74, 6) is 0. The van der Waals surface area contributed by atoms with Gasteiger partial charge in [-0.15, -0.1) is 0 Å². The normalized spacial score (nSPS) is 16.6. The monoisotopic (exact) mass is 128 g/mol. The molecule has 0 aliphatic carbocycles. The molecule has 4 heteroatoms. The first-order valence-electron chi connectivity index (χ1n) is 2.07. The zero-order valence-electron chi connectivity index (χ0n) is 4.05. The Bertz CT molecular complexity index is 149. The van der Waals surface area contributed by atoms with Crippen LogP contribution >= 0.6 is 11.8 Å². The number of nitrogens with zero attached hydrogens (tertiary/aromatic N) is 1. The van der Waals surface area contributed by atoms with Crippen molar-refractivity contribution in [3.05, 3.63) is 11.1 Å². The lowest BCUT2D eigenvalue weighted by molar-refractivity contribution is 0.113. The number of nitrogens with one attached hydrogen (secondary N) is 1. The Morgan fingerprint density at radius 3 is 3.38 bits per heavy atom. The van der Waals surface area contributed by atoms with Crippen LogP contribution in [0.2, 0.25) is 0 Å². The van der Waals surface area contributed by atoms with Crippen LogP contribution in [0.15, 0.2) is 11.1 Å². The fraction of sp³-hybridized carbons (Fsp3) is 0.250. The van der Waals surface area contributed by atoms with Gasteiger partial charge < -0.3 is 0 Å². The van der Waals surface area contributed by atoms with E-state index in [-0.39, 0.29) is 0 Å². The van der Waals surface area contributed by atoms with Crippen molar-refractivity contribution in [2.75, 3.05) is 6.61 Å². The number of hydrogen-bond donors (Lipinski definition) is 1. The zero-order chi connectivity index (χ0) is 5.82. The Kier molecular flexibility index (Phi) is 1.78. The van der Waals surface area contributed by atoms with Gasteiger partial charge in [-0.3, -0.25) is 10.3 Å². The van der Waals surface area contributed by atoms with Gasteiger partial charge in [-0.05, 0) is 6.08 Å². The van der Waals surface area contributed by atoms with Gasteiger partial charge in [-0.2, -0.15) is 5.26 Å². The van der Waals surface area contributed by atoms with E-state index in [2.05, 4.69) is 5.48 Å². The molecular formula is C4H4N2OS.